The maximum Gasteiger partial charge on any atom is 0.152 e. The molecule has 3 N–H and O–H groups in total. The highest BCUT2D eigenvalue weighted by Crippen LogP contribution is 2.33. The van der Waals surface area contributed by atoms with Crippen molar-refractivity contribution in [3.05, 3.63) is 59.5 Å². The van der Waals surface area contributed by atoms with Crippen LogP contribution < -0.4 is 11.1 Å². The molecule has 3 aromatic rings. The number of nitrogens with zero attached hydrogens (tertiary/aromatic N) is 3. The van der Waals surface area contributed by atoms with E-state index in [-0.39, 0.29) is 12.1 Å². The standard InChI is InChI=1S/C16H17N5/c1-10-8-14-16(18-6-7-21(14)20-10)19-15-12-5-3-2-4-11(12)9-13(15)17/h2-8,13,15H,9,17H2,1H3,(H,18,19). The summed E-state index contributed by atoms with van der Waals surface area (Å²) in [6.45, 7) is 1.98. The first-order valence-electron chi connectivity index (χ1n) is 7.13. The van der Waals surface area contributed by atoms with E-state index in [1.165, 1.54) is 11.1 Å². The van der Waals surface area contributed by atoms with Gasteiger partial charge in [-0.15, -0.1) is 0 Å². The zero-order valence-electron chi connectivity index (χ0n) is 11.8. The highest BCUT2D eigenvalue weighted by atomic mass is 15.2. The predicted octanol–water partition coefficient (Wildman–Crippen LogP) is 2.07. The Balaban J connectivity index is 1.75. The normalized spacial score (nSPS) is 20.7. The molecule has 0 bridgehead atoms. The summed E-state index contributed by atoms with van der Waals surface area (Å²) in [4.78, 5) is 4.46. The molecule has 0 saturated carbocycles. The molecule has 5 nitrogen and oxygen atoms in total. The van der Waals surface area contributed by atoms with Crippen LogP contribution in [0.2, 0.25) is 0 Å². The number of hydrogen-bond donors (Lipinski definition) is 2. The number of anilines is 1. The maximum absolute atomic E-state index is 6.31. The molecule has 2 atom stereocenters. The Hall–Kier alpha value is -2.40. The highest BCUT2D eigenvalue weighted by Gasteiger charge is 2.30. The Morgan fingerprint density at radius 1 is 1.33 bits per heavy atom. The summed E-state index contributed by atoms with van der Waals surface area (Å²) in [5, 5.41) is 7.92. The monoisotopic (exact) mass is 279 g/mol. The third-order valence-electron chi connectivity index (χ3n) is 4.08. The number of benzene rings is 1. The third kappa shape index (κ3) is 1.97. The fourth-order valence-electron chi connectivity index (χ4n) is 3.11. The van der Waals surface area contributed by atoms with Gasteiger partial charge in [0.15, 0.2) is 5.82 Å². The van der Waals surface area contributed by atoms with Crippen molar-refractivity contribution in [1.82, 2.24) is 14.6 Å². The minimum absolute atomic E-state index is 0.0634. The largest absolute Gasteiger partial charge is 0.360 e. The SMILES string of the molecule is Cc1cc2c(NC3c4ccccc4CC3N)nccn2n1. The molecule has 2 heterocycles. The van der Waals surface area contributed by atoms with Crippen LogP contribution in [-0.4, -0.2) is 20.6 Å². The Bertz CT molecular complexity index is 807. The van der Waals surface area contributed by atoms with Crippen LogP contribution in [0.3, 0.4) is 0 Å². The molecule has 0 amide bonds. The zero-order chi connectivity index (χ0) is 14.4. The lowest BCUT2D eigenvalue weighted by Crippen LogP contribution is -2.30. The molecule has 4 rings (SSSR count). The van der Waals surface area contributed by atoms with Gasteiger partial charge in [0.25, 0.3) is 0 Å². The molecule has 0 aliphatic heterocycles. The van der Waals surface area contributed by atoms with Gasteiger partial charge in [0, 0.05) is 18.4 Å². The minimum Gasteiger partial charge on any atom is -0.360 e. The van der Waals surface area contributed by atoms with Crippen LogP contribution in [0, 0.1) is 6.92 Å². The molecule has 1 aliphatic carbocycles. The molecular formula is C16H17N5. The van der Waals surface area contributed by atoms with E-state index in [1.807, 2.05) is 23.7 Å². The maximum atomic E-state index is 6.31. The van der Waals surface area contributed by atoms with Gasteiger partial charge in [-0.3, -0.25) is 0 Å². The van der Waals surface area contributed by atoms with Crippen LogP contribution in [0.25, 0.3) is 5.52 Å². The van der Waals surface area contributed by atoms with Gasteiger partial charge in [-0.25, -0.2) is 9.50 Å². The fourth-order valence-corrected chi connectivity index (χ4v) is 3.11. The molecule has 1 aromatic carbocycles. The van der Waals surface area contributed by atoms with Crippen molar-refractivity contribution in [2.24, 2.45) is 5.73 Å². The number of fused-ring (bicyclic) bond motifs is 2. The number of nitrogens with two attached hydrogens (primary N) is 1. The summed E-state index contributed by atoms with van der Waals surface area (Å²) in [6.07, 6.45) is 4.51. The van der Waals surface area contributed by atoms with E-state index in [2.05, 4.69) is 39.7 Å². The first kappa shape index (κ1) is 12.3. The summed E-state index contributed by atoms with van der Waals surface area (Å²) < 4.78 is 1.84. The van der Waals surface area contributed by atoms with Crippen molar-refractivity contribution >= 4 is 11.3 Å². The van der Waals surface area contributed by atoms with Gasteiger partial charge >= 0.3 is 0 Å². The fraction of sp³-hybridized carbons (Fsp3) is 0.250. The van der Waals surface area contributed by atoms with E-state index < -0.39 is 0 Å². The van der Waals surface area contributed by atoms with Crippen molar-refractivity contribution in [3.8, 4) is 0 Å². The minimum atomic E-state index is 0.0634. The summed E-state index contributed by atoms with van der Waals surface area (Å²) in [7, 11) is 0. The molecular weight excluding hydrogens is 262 g/mol. The summed E-state index contributed by atoms with van der Waals surface area (Å²) in [5.74, 6) is 0.829. The molecule has 2 unspecified atom stereocenters. The number of rotatable bonds is 2. The molecule has 2 aromatic heterocycles. The molecule has 0 saturated heterocycles. The van der Waals surface area contributed by atoms with Gasteiger partial charge in [-0.1, -0.05) is 24.3 Å². The van der Waals surface area contributed by atoms with Crippen molar-refractivity contribution in [2.45, 2.75) is 25.4 Å². The Labute approximate surface area is 122 Å². The third-order valence-corrected chi connectivity index (χ3v) is 4.08. The van der Waals surface area contributed by atoms with Crippen molar-refractivity contribution in [2.75, 3.05) is 5.32 Å². The quantitative estimate of drug-likeness (QED) is 0.753. The lowest BCUT2D eigenvalue weighted by atomic mass is 10.1. The number of aromatic nitrogens is 3. The van der Waals surface area contributed by atoms with E-state index in [1.54, 1.807) is 6.20 Å². The van der Waals surface area contributed by atoms with Gasteiger partial charge in [-0.2, -0.15) is 5.10 Å². The first-order valence-corrected chi connectivity index (χ1v) is 7.13. The second kappa shape index (κ2) is 4.56. The van der Waals surface area contributed by atoms with Gasteiger partial charge < -0.3 is 11.1 Å². The average Bonchev–Trinajstić information content (AvgIpc) is 3.00. The Morgan fingerprint density at radius 3 is 3.10 bits per heavy atom. The highest BCUT2D eigenvalue weighted by molar-refractivity contribution is 5.68. The van der Waals surface area contributed by atoms with Gasteiger partial charge in [0.05, 0.1) is 11.7 Å². The van der Waals surface area contributed by atoms with E-state index >= 15 is 0 Å². The van der Waals surface area contributed by atoms with Gasteiger partial charge in [0.1, 0.15) is 5.52 Å². The number of aryl methyl sites for hydroxylation is 1. The zero-order valence-corrected chi connectivity index (χ0v) is 11.8. The number of hydrogen-bond acceptors (Lipinski definition) is 4. The van der Waals surface area contributed by atoms with E-state index in [9.17, 15) is 0 Å². The van der Waals surface area contributed by atoms with Crippen LogP contribution in [0.1, 0.15) is 22.9 Å². The number of nitrogens with one attached hydrogen (secondary N) is 1. The van der Waals surface area contributed by atoms with E-state index in [0.29, 0.717) is 0 Å². The van der Waals surface area contributed by atoms with Crippen LogP contribution in [0.5, 0.6) is 0 Å². The molecule has 0 spiro atoms. The predicted molar refractivity (Wildman–Crippen MR) is 82.2 cm³/mol. The van der Waals surface area contributed by atoms with E-state index in [0.717, 1.165) is 23.4 Å². The Morgan fingerprint density at radius 2 is 2.19 bits per heavy atom. The lowest BCUT2D eigenvalue weighted by Gasteiger charge is -2.19. The Kier molecular flexibility index (Phi) is 2.68. The van der Waals surface area contributed by atoms with E-state index in [4.69, 9.17) is 5.73 Å². The topological polar surface area (TPSA) is 68.2 Å². The summed E-state index contributed by atoms with van der Waals surface area (Å²) in [6, 6.07) is 10.6. The first-order chi connectivity index (χ1) is 10.2. The lowest BCUT2D eigenvalue weighted by molar-refractivity contribution is 0.624. The van der Waals surface area contributed by atoms with Crippen LogP contribution in [-0.2, 0) is 6.42 Å². The molecule has 106 valence electrons. The molecule has 5 heteroatoms. The van der Waals surface area contributed by atoms with Crippen molar-refractivity contribution in [3.63, 3.8) is 0 Å². The molecule has 0 radical (unpaired) electrons. The average molecular weight is 279 g/mol. The molecule has 0 fully saturated rings. The van der Waals surface area contributed by atoms with Crippen molar-refractivity contribution < 1.29 is 0 Å². The molecule has 21 heavy (non-hydrogen) atoms. The van der Waals surface area contributed by atoms with Gasteiger partial charge in [0.2, 0.25) is 0 Å². The molecule has 1 aliphatic rings. The van der Waals surface area contributed by atoms with Crippen LogP contribution >= 0.6 is 0 Å². The second-order valence-corrected chi connectivity index (χ2v) is 5.58. The van der Waals surface area contributed by atoms with Crippen molar-refractivity contribution in [1.29, 1.82) is 0 Å². The summed E-state index contributed by atoms with van der Waals surface area (Å²) >= 11 is 0. The smallest absolute Gasteiger partial charge is 0.152 e. The van der Waals surface area contributed by atoms with Gasteiger partial charge in [-0.05, 0) is 30.5 Å². The second-order valence-electron chi connectivity index (χ2n) is 5.58. The summed E-state index contributed by atoms with van der Waals surface area (Å²) in [5.41, 5.74) is 10.9. The van der Waals surface area contributed by atoms with Crippen LogP contribution in [0.4, 0.5) is 5.82 Å². The van der Waals surface area contributed by atoms with Crippen LogP contribution in [0.15, 0.2) is 42.7 Å².